The number of aromatic nitrogens is 2. The van der Waals surface area contributed by atoms with E-state index in [1.54, 1.807) is 12.3 Å². The van der Waals surface area contributed by atoms with Crippen molar-refractivity contribution >= 4 is 27.7 Å². The summed E-state index contributed by atoms with van der Waals surface area (Å²) in [6.07, 6.45) is 3.01. The predicted molar refractivity (Wildman–Crippen MR) is 94.3 cm³/mol. The summed E-state index contributed by atoms with van der Waals surface area (Å²) in [6.45, 7) is 0. The summed E-state index contributed by atoms with van der Waals surface area (Å²) in [6, 6.07) is 4.66. The van der Waals surface area contributed by atoms with Crippen LogP contribution in [0.4, 0.5) is 8.78 Å². The largest absolute Gasteiger partial charge is 0.441 e. The molecule has 3 aromatic rings. The van der Waals surface area contributed by atoms with E-state index in [-0.39, 0.29) is 35.7 Å². The highest BCUT2D eigenvalue weighted by atomic mass is 79.9. The van der Waals surface area contributed by atoms with Crippen molar-refractivity contribution in [3.8, 4) is 11.3 Å². The minimum atomic E-state index is -0.769. The number of aryl methyl sites for hydroxylation is 1. The van der Waals surface area contributed by atoms with Gasteiger partial charge in [-0.05, 0) is 34.1 Å². The van der Waals surface area contributed by atoms with E-state index in [1.165, 1.54) is 12.3 Å². The van der Waals surface area contributed by atoms with Crippen molar-refractivity contribution in [2.45, 2.75) is 12.8 Å². The number of benzene rings is 1. The molecule has 7 nitrogen and oxygen atoms in total. The van der Waals surface area contributed by atoms with Gasteiger partial charge in [0.2, 0.25) is 5.91 Å². The second-order valence-electron chi connectivity index (χ2n) is 5.48. The van der Waals surface area contributed by atoms with Crippen LogP contribution in [0.3, 0.4) is 0 Å². The average Bonchev–Trinajstić information content (AvgIpc) is 3.27. The van der Waals surface area contributed by atoms with Gasteiger partial charge in [0.05, 0.1) is 11.8 Å². The molecule has 0 fully saturated rings. The third-order valence-electron chi connectivity index (χ3n) is 3.52. The lowest BCUT2D eigenvalue weighted by atomic mass is 10.2. The first-order valence-electron chi connectivity index (χ1n) is 7.75. The molecule has 2 aromatic heterocycles. The number of carbonyl (C=O) groups is 2. The smallest absolute Gasteiger partial charge is 0.286 e. The fourth-order valence-electron chi connectivity index (χ4n) is 2.22. The molecule has 3 N–H and O–H groups in total. The van der Waals surface area contributed by atoms with E-state index in [0.29, 0.717) is 4.47 Å². The van der Waals surface area contributed by atoms with Gasteiger partial charge in [-0.1, -0.05) is 0 Å². The zero-order valence-electron chi connectivity index (χ0n) is 13.7. The maximum atomic E-state index is 13.7. The van der Waals surface area contributed by atoms with E-state index >= 15 is 0 Å². The number of nitrogens with zero attached hydrogens (tertiary/aromatic N) is 1. The van der Waals surface area contributed by atoms with Crippen molar-refractivity contribution in [1.82, 2.24) is 20.8 Å². The number of hydrogen-bond donors (Lipinski definition) is 3. The fourth-order valence-corrected chi connectivity index (χ4v) is 2.56. The predicted octanol–water partition coefficient (Wildman–Crippen LogP) is 3.10. The first-order valence-corrected chi connectivity index (χ1v) is 8.55. The molecule has 0 unspecified atom stereocenters. The number of oxazole rings is 1. The van der Waals surface area contributed by atoms with Crippen molar-refractivity contribution < 1.29 is 22.8 Å². The summed E-state index contributed by atoms with van der Waals surface area (Å²) in [5, 5.41) is 0. The van der Waals surface area contributed by atoms with Crippen molar-refractivity contribution in [3.05, 3.63) is 64.4 Å². The van der Waals surface area contributed by atoms with Crippen LogP contribution in [0.2, 0.25) is 0 Å². The van der Waals surface area contributed by atoms with E-state index in [1.807, 2.05) is 0 Å². The number of rotatable bonds is 5. The van der Waals surface area contributed by atoms with Gasteiger partial charge in [0, 0.05) is 29.6 Å². The highest BCUT2D eigenvalue weighted by molar-refractivity contribution is 9.10. The quantitative estimate of drug-likeness (QED) is 0.532. The lowest BCUT2D eigenvalue weighted by molar-refractivity contribution is -0.121. The Labute approximate surface area is 160 Å². The molecule has 0 bridgehead atoms. The van der Waals surface area contributed by atoms with E-state index in [2.05, 4.69) is 36.7 Å². The molecule has 0 atom stereocenters. The maximum Gasteiger partial charge on any atom is 0.286 e. The van der Waals surface area contributed by atoms with E-state index < -0.39 is 23.4 Å². The number of amides is 2. The number of carbonyl (C=O) groups excluding carboxylic acids is 2. The lowest BCUT2D eigenvalue weighted by Gasteiger charge is -2.05. The second kappa shape index (κ2) is 8.12. The highest BCUT2D eigenvalue weighted by Gasteiger charge is 2.14. The summed E-state index contributed by atoms with van der Waals surface area (Å²) in [5.41, 5.74) is 4.89. The van der Waals surface area contributed by atoms with Crippen LogP contribution in [0.15, 0.2) is 45.5 Å². The van der Waals surface area contributed by atoms with Crippen LogP contribution in [0.5, 0.6) is 0 Å². The van der Waals surface area contributed by atoms with Crippen molar-refractivity contribution in [3.63, 3.8) is 0 Å². The Morgan fingerprint density at radius 2 is 2.04 bits per heavy atom. The molecule has 2 heterocycles. The number of nitrogens with one attached hydrogen (secondary N) is 3. The molecule has 0 radical (unpaired) electrons. The van der Waals surface area contributed by atoms with Gasteiger partial charge in [-0.15, -0.1) is 0 Å². The summed E-state index contributed by atoms with van der Waals surface area (Å²) in [5.74, 6) is -2.08. The Bertz CT molecular complexity index is 986. The molecule has 3 rings (SSSR count). The van der Waals surface area contributed by atoms with Crippen LogP contribution in [0.25, 0.3) is 11.3 Å². The van der Waals surface area contributed by atoms with Crippen LogP contribution in [0.1, 0.15) is 22.8 Å². The standard InChI is InChI=1S/C17H13BrF2N4O3/c18-9-5-13(21-7-9)17(26)24-23-15(25)3-4-16-22-8-14(27-16)11-2-1-10(19)6-12(11)20/h1-2,5-8,21H,3-4H2,(H,23,25)(H,24,26). The molecule has 0 aliphatic carbocycles. The van der Waals surface area contributed by atoms with Crippen LogP contribution in [-0.4, -0.2) is 21.8 Å². The topological polar surface area (TPSA) is 100 Å². The molecular weight excluding hydrogens is 426 g/mol. The first kappa shape index (κ1) is 18.8. The maximum absolute atomic E-state index is 13.7. The Morgan fingerprint density at radius 3 is 2.74 bits per heavy atom. The molecule has 0 saturated heterocycles. The zero-order valence-corrected chi connectivity index (χ0v) is 15.3. The summed E-state index contributed by atoms with van der Waals surface area (Å²) >= 11 is 3.20. The number of hydrazine groups is 1. The monoisotopic (exact) mass is 438 g/mol. The number of hydrogen-bond acceptors (Lipinski definition) is 4. The third-order valence-corrected chi connectivity index (χ3v) is 3.98. The molecule has 10 heteroatoms. The Hall–Kier alpha value is -3.01. The molecule has 0 spiro atoms. The first-order chi connectivity index (χ1) is 12.9. The van der Waals surface area contributed by atoms with Crippen LogP contribution >= 0.6 is 15.9 Å². The van der Waals surface area contributed by atoms with Crippen LogP contribution in [-0.2, 0) is 11.2 Å². The van der Waals surface area contributed by atoms with E-state index in [9.17, 15) is 18.4 Å². The SMILES string of the molecule is O=C(CCc1ncc(-c2ccc(F)cc2F)o1)NNC(=O)c1cc(Br)c[nH]1. The van der Waals surface area contributed by atoms with Crippen LogP contribution < -0.4 is 10.9 Å². The molecule has 27 heavy (non-hydrogen) atoms. The molecule has 140 valence electrons. The van der Waals surface area contributed by atoms with Gasteiger partial charge >= 0.3 is 0 Å². The van der Waals surface area contributed by atoms with Gasteiger partial charge in [-0.25, -0.2) is 13.8 Å². The Kier molecular flexibility index (Phi) is 5.65. The second-order valence-corrected chi connectivity index (χ2v) is 6.39. The fraction of sp³-hybridized carbons (Fsp3) is 0.118. The van der Waals surface area contributed by atoms with E-state index in [4.69, 9.17) is 4.42 Å². The zero-order chi connectivity index (χ0) is 19.4. The molecule has 0 saturated carbocycles. The van der Waals surface area contributed by atoms with Crippen LogP contribution in [0, 0.1) is 11.6 Å². The minimum Gasteiger partial charge on any atom is -0.441 e. The Balaban J connectivity index is 1.51. The van der Waals surface area contributed by atoms with Gasteiger partial charge in [-0.2, -0.15) is 0 Å². The summed E-state index contributed by atoms with van der Waals surface area (Å²) in [7, 11) is 0. The van der Waals surface area contributed by atoms with Gasteiger partial charge in [-0.3, -0.25) is 20.4 Å². The van der Waals surface area contributed by atoms with Gasteiger partial charge in [0.15, 0.2) is 11.7 Å². The van der Waals surface area contributed by atoms with Crippen molar-refractivity contribution in [2.24, 2.45) is 0 Å². The average molecular weight is 439 g/mol. The van der Waals surface area contributed by atoms with Gasteiger partial charge in [0.1, 0.15) is 17.3 Å². The third kappa shape index (κ3) is 4.79. The normalized spacial score (nSPS) is 10.6. The molecule has 2 amide bonds. The van der Waals surface area contributed by atoms with Crippen molar-refractivity contribution in [1.29, 1.82) is 0 Å². The Morgan fingerprint density at radius 1 is 1.22 bits per heavy atom. The summed E-state index contributed by atoms with van der Waals surface area (Å²) < 4.78 is 32.8. The highest BCUT2D eigenvalue weighted by Crippen LogP contribution is 2.24. The molecule has 0 aliphatic rings. The minimum absolute atomic E-state index is 0.0133. The number of H-pyrrole nitrogens is 1. The van der Waals surface area contributed by atoms with Gasteiger partial charge in [0.25, 0.3) is 5.91 Å². The van der Waals surface area contributed by atoms with E-state index in [0.717, 1.165) is 12.1 Å². The lowest BCUT2D eigenvalue weighted by Crippen LogP contribution is -2.41. The van der Waals surface area contributed by atoms with Gasteiger partial charge < -0.3 is 9.40 Å². The number of halogens is 3. The summed E-state index contributed by atoms with van der Waals surface area (Å²) in [4.78, 5) is 30.3. The molecule has 1 aromatic carbocycles. The molecule has 0 aliphatic heterocycles. The number of aromatic amines is 1. The van der Waals surface area contributed by atoms with Crippen molar-refractivity contribution in [2.75, 3.05) is 0 Å². The molecular formula is C17H13BrF2N4O3.